The van der Waals surface area contributed by atoms with Crippen LogP contribution in [0.2, 0.25) is 0 Å². The maximum atomic E-state index is 5.26. The van der Waals surface area contributed by atoms with Crippen LogP contribution in [0.3, 0.4) is 0 Å². The molecule has 0 aliphatic rings. The monoisotopic (exact) mass is 301 g/mol. The van der Waals surface area contributed by atoms with Gasteiger partial charge in [0.1, 0.15) is 0 Å². The molecule has 0 atom stereocenters. The molecule has 0 spiro atoms. The van der Waals surface area contributed by atoms with Crippen LogP contribution >= 0.6 is 11.3 Å². The third kappa shape index (κ3) is 5.01. The largest absolute Gasteiger partial charge is 0.383 e. The van der Waals surface area contributed by atoms with Gasteiger partial charge in [0.05, 0.1) is 18.9 Å². The molecule has 0 fully saturated rings. The fraction of sp³-hybridized carbons (Fsp3) is 0.786. The van der Waals surface area contributed by atoms with Gasteiger partial charge >= 0.3 is 0 Å². The van der Waals surface area contributed by atoms with Crippen LogP contribution in [-0.4, -0.2) is 44.9 Å². The molecule has 0 aliphatic carbocycles. The summed E-state index contributed by atoms with van der Waals surface area (Å²) >= 11 is 1.75. The van der Waals surface area contributed by atoms with E-state index in [1.165, 1.54) is 4.88 Å². The number of anilines is 1. The second kappa shape index (κ2) is 9.28. The van der Waals surface area contributed by atoms with E-state index in [0.717, 1.165) is 37.1 Å². The lowest BCUT2D eigenvalue weighted by Crippen LogP contribution is -2.30. The van der Waals surface area contributed by atoms with Crippen LogP contribution in [0, 0.1) is 0 Å². The number of aromatic nitrogens is 1. The molecule has 20 heavy (non-hydrogen) atoms. The van der Waals surface area contributed by atoms with Crippen molar-refractivity contribution in [2.24, 2.45) is 0 Å². The number of hydrogen-bond acceptors (Lipinski definition) is 6. The number of rotatable bonds is 10. The molecule has 1 N–H and O–H groups in total. The normalized spacial score (nSPS) is 11.3. The smallest absolute Gasteiger partial charge is 0.186 e. The highest BCUT2D eigenvalue weighted by atomic mass is 32.1. The molecule has 1 heterocycles. The molecule has 0 aliphatic heterocycles. The maximum Gasteiger partial charge on any atom is 0.186 e. The van der Waals surface area contributed by atoms with E-state index in [9.17, 15) is 0 Å². The van der Waals surface area contributed by atoms with E-state index >= 15 is 0 Å². The van der Waals surface area contributed by atoms with Gasteiger partial charge in [-0.05, 0) is 20.8 Å². The molecule has 1 aromatic rings. The van der Waals surface area contributed by atoms with Crippen LogP contribution in [0.1, 0.15) is 31.3 Å². The van der Waals surface area contributed by atoms with Crippen LogP contribution in [0.4, 0.5) is 5.13 Å². The molecule has 6 heteroatoms. The predicted molar refractivity (Wildman–Crippen MR) is 84.6 cm³/mol. The van der Waals surface area contributed by atoms with Gasteiger partial charge in [-0.3, -0.25) is 0 Å². The van der Waals surface area contributed by atoms with Gasteiger partial charge in [0, 0.05) is 44.8 Å². The number of thiazole rings is 1. The fourth-order valence-electron chi connectivity index (χ4n) is 1.98. The number of hydrogen-bond donors (Lipinski definition) is 1. The molecule has 0 aromatic carbocycles. The van der Waals surface area contributed by atoms with E-state index in [-0.39, 0.29) is 0 Å². The highest BCUT2D eigenvalue weighted by Gasteiger charge is 2.17. The minimum Gasteiger partial charge on any atom is -0.383 e. The first kappa shape index (κ1) is 17.4. The molecule has 0 unspecified atom stereocenters. The molecule has 0 saturated heterocycles. The molecule has 0 radical (unpaired) electrons. The zero-order valence-corrected chi connectivity index (χ0v) is 14.0. The summed E-state index contributed by atoms with van der Waals surface area (Å²) in [5, 5.41) is 4.45. The molecule has 1 aromatic heterocycles. The second-order valence-electron chi connectivity index (χ2n) is 4.85. The first-order valence-electron chi connectivity index (χ1n) is 7.07. The van der Waals surface area contributed by atoms with Gasteiger partial charge in [0.2, 0.25) is 0 Å². The van der Waals surface area contributed by atoms with Gasteiger partial charge in [-0.25, -0.2) is 4.98 Å². The molecular formula is C14H27N3O2S. The quantitative estimate of drug-likeness (QED) is 0.672. The molecule has 1 rings (SSSR count). The van der Waals surface area contributed by atoms with Crippen molar-refractivity contribution < 1.29 is 9.47 Å². The zero-order valence-electron chi connectivity index (χ0n) is 13.2. The summed E-state index contributed by atoms with van der Waals surface area (Å²) in [4.78, 5) is 8.29. The Morgan fingerprint density at radius 2 is 2.05 bits per heavy atom. The average Bonchev–Trinajstić information content (AvgIpc) is 2.79. The lowest BCUT2D eigenvalue weighted by atomic mass is 10.3. The standard InChI is InChI=1S/C14H27N3O2S/c1-6-17(11(2)3)14-16-12(10-19-5)13(20-14)9-15-7-8-18-4/h11,15H,6-10H2,1-5H3. The SMILES string of the molecule is CCN(c1nc(COC)c(CNCCOC)s1)C(C)C. The van der Waals surface area contributed by atoms with E-state index in [2.05, 4.69) is 31.0 Å². The lowest BCUT2D eigenvalue weighted by Gasteiger charge is -2.24. The van der Waals surface area contributed by atoms with Crippen molar-refractivity contribution in [1.82, 2.24) is 10.3 Å². The fourth-order valence-corrected chi connectivity index (χ4v) is 3.21. The van der Waals surface area contributed by atoms with Gasteiger partial charge in [0.15, 0.2) is 5.13 Å². The molecule has 0 bridgehead atoms. The highest BCUT2D eigenvalue weighted by molar-refractivity contribution is 7.15. The van der Waals surface area contributed by atoms with Gasteiger partial charge in [-0.2, -0.15) is 0 Å². The molecular weight excluding hydrogens is 274 g/mol. The van der Waals surface area contributed by atoms with E-state index in [4.69, 9.17) is 14.5 Å². The van der Waals surface area contributed by atoms with Crippen LogP contribution in [0.25, 0.3) is 0 Å². The zero-order chi connectivity index (χ0) is 15.0. The average molecular weight is 301 g/mol. The van der Waals surface area contributed by atoms with Crippen molar-refractivity contribution in [3.63, 3.8) is 0 Å². The van der Waals surface area contributed by atoms with Gasteiger partial charge in [-0.15, -0.1) is 11.3 Å². The Bertz CT molecular complexity index is 382. The van der Waals surface area contributed by atoms with Gasteiger partial charge < -0.3 is 19.7 Å². The van der Waals surface area contributed by atoms with Gasteiger partial charge in [-0.1, -0.05) is 0 Å². The summed E-state index contributed by atoms with van der Waals surface area (Å²) in [5.74, 6) is 0. The summed E-state index contributed by atoms with van der Waals surface area (Å²) < 4.78 is 10.3. The van der Waals surface area contributed by atoms with E-state index < -0.39 is 0 Å². The number of nitrogens with zero attached hydrogens (tertiary/aromatic N) is 2. The minimum atomic E-state index is 0.454. The third-order valence-electron chi connectivity index (χ3n) is 3.03. The Balaban J connectivity index is 2.78. The van der Waals surface area contributed by atoms with Crippen molar-refractivity contribution in [2.45, 2.75) is 40.0 Å². The van der Waals surface area contributed by atoms with Crippen molar-refractivity contribution in [2.75, 3.05) is 38.8 Å². The van der Waals surface area contributed by atoms with E-state index in [0.29, 0.717) is 12.6 Å². The molecule has 0 saturated carbocycles. The van der Waals surface area contributed by atoms with Gasteiger partial charge in [0.25, 0.3) is 0 Å². The topological polar surface area (TPSA) is 46.6 Å². The third-order valence-corrected chi connectivity index (χ3v) is 4.16. The van der Waals surface area contributed by atoms with E-state index in [1.54, 1.807) is 25.6 Å². The highest BCUT2D eigenvalue weighted by Crippen LogP contribution is 2.28. The molecule has 5 nitrogen and oxygen atoms in total. The number of nitrogens with one attached hydrogen (secondary N) is 1. The summed E-state index contributed by atoms with van der Waals surface area (Å²) in [7, 11) is 3.42. The van der Waals surface area contributed by atoms with Crippen LogP contribution in [0.5, 0.6) is 0 Å². The Morgan fingerprint density at radius 1 is 1.30 bits per heavy atom. The Kier molecular flexibility index (Phi) is 8.06. The van der Waals surface area contributed by atoms with Crippen LogP contribution in [-0.2, 0) is 22.6 Å². The van der Waals surface area contributed by atoms with Crippen LogP contribution in [0.15, 0.2) is 0 Å². The Labute approximate surface area is 126 Å². The second-order valence-corrected chi connectivity index (χ2v) is 5.91. The Hall–Kier alpha value is -0.690. The minimum absolute atomic E-state index is 0.454. The van der Waals surface area contributed by atoms with Crippen molar-refractivity contribution in [3.05, 3.63) is 10.6 Å². The number of methoxy groups -OCH3 is 2. The molecule has 0 amide bonds. The Morgan fingerprint density at radius 3 is 2.60 bits per heavy atom. The summed E-state index contributed by atoms with van der Waals surface area (Å²) in [6.45, 7) is 10.5. The van der Waals surface area contributed by atoms with Crippen molar-refractivity contribution in [1.29, 1.82) is 0 Å². The van der Waals surface area contributed by atoms with Crippen molar-refractivity contribution >= 4 is 16.5 Å². The maximum absolute atomic E-state index is 5.26. The molecule has 116 valence electrons. The predicted octanol–water partition coefficient (Wildman–Crippen LogP) is 2.26. The summed E-state index contributed by atoms with van der Waals surface area (Å²) in [6, 6.07) is 0.454. The first-order chi connectivity index (χ1) is 9.63. The number of ether oxygens (including phenoxy) is 2. The lowest BCUT2D eigenvalue weighted by molar-refractivity contribution is 0.181. The van der Waals surface area contributed by atoms with Crippen LogP contribution < -0.4 is 10.2 Å². The summed E-state index contributed by atoms with van der Waals surface area (Å²) in [6.07, 6.45) is 0. The van der Waals surface area contributed by atoms with Crippen molar-refractivity contribution in [3.8, 4) is 0 Å². The first-order valence-corrected chi connectivity index (χ1v) is 7.89. The summed E-state index contributed by atoms with van der Waals surface area (Å²) in [5.41, 5.74) is 1.04. The van der Waals surface area contributed by atoms with E-state index in [1.807, 2.05) is 0 Å².